The van der Waals surface area contributed by atoms with Crippen molar-refractivity contribution < 1.29 is 5.11 Å². The van der Waals surface area contributed by atoms with Crippen molar-refractivity contribution in [3.8, 4) is 0 Å². The van der Waals surface area contributed by atoms with Crippen molar-refractivity contribution in [1.29, 1.82) is 0 Å². The Morgan fingerprint density at radius 3 is 2.50 bits per heavy atom. The molecule has 1 N–H and O–H groups in total. The number of hydrogen-bond acceptors (Lipinski definition) is 5. The smallest absolute Gasteiger partial charge is 0.193 e. The Kier molecular flexibility index (Phi) is 3.48. The molecule has 0 unspecified atom stereocenters. The first-order valence-corrected chi connectivity index (χ1v) is 5.67. The van der Waals surface area contributed by atoms with Crippen LogP contribution in [0.15, 0.2) is 47.0 Å². The lowest BCUT2D eigenvalue weighted by Gasteiger charge is -2.08. The molecule has 4 nitrogen and oxygen atoms in total. The number of pyridine rings is 1. The van der Waals surface area contributed by atoms with Gasteiger partial charge in [-0.1, -0.05) is 6.07 Å². The molecule has 0 amide bonds. The van der Waals surface area contributed by atoms with Gasteiger partial charge in [0.05, 0.1) is 6.10 Å². The molecular formula is C11H11N3OS. The summed E-state index contributed by atoms with van der Waals surface area (Å²) in [6.07, 6.45) is 4.51. The first-order chi connectivity index (χ1) is 7.77. The van der Waals surface area contributed by atoms with Gasteiger partial charge < -0.3 is 5.11 Å². The molecule has 1 atom stereocenters. The van der Waals surface area contributed by atoms with E-state index in [4.69, 9.17) is 0 Å². The largest absolute Gasteiger partial charge is 0.389 e. The molecule has 0 radical (unpaired) electrons. The average molecular weight is 233 g/mol. The number of nitrogens with zero attached hydrogens (tertiary/aromatic N) is 3. The van der Waals surface area contributed by atoms with Crippen molar-refractivity contribution in [2.75, 3.05) is 0 Å². The summed E-state index contributed by atoms with van der Waals surface area (Å²) in [5.41, 5.74) is 0.792. The average Bonchev–Trinajstić information content (AvgIpc) is 2.31. The molecule has 2 aromatic rings. The fourth-order valence-electron chi connectivity index (χ4n) is 1.23. The van der Waals surface area contributed by atoms with Crippen LogP contribution in [-0.2, 0) is 0 Å². The van der Waals surface area contributed by atoms with Gasteiger partial charge in [0.15, 0.2) is 5.16 Å². The highest BCUT2D eigenvalue weighted by molar-refractivity contribution is 7.99. The van der Waals surface area contributed by atoms with Crippen LogP contribution in [0.1, 0.15) is 18.6 Å². The van der Waals surface area contributed by atoms with Crippen LogP contribution in [0.3, 0.4) is 0 Å². The molecule has 0 fully saturated rings. The molecule has 16 heavy (non-hydrogen) atoms. The van der Waals surface area contributed by atoms with Gasteiger partial charge in [-0.05, 0) is 30.8 Å². The van der Waals surface area contributed by atoms with Gasteiger partial charge in [-0.25, -0.2) is 15.0 Å². The normalized spacial score (nSPS) is 12.4. The van der Waals surface area contributed by atoms with E-state index in [-0.39, 0.29) is 0 Å². The van der Waals surface area contributed by atoms with Gasteiger partial charge in [-0.15, -0.1) is 0 Å². The maximum Gasteiger partial charge on any atom is 0.193 e. The van der Waals surface area contributed by atoms with E-state index in [0.717, 1.165) is 10.6 Å². The molecule has 0 aliphatic heterocycles. The minimum absolute atomic E-state index is 0.542. The molecule has 0 aliphatic rings. The highest BCUT2D eigenvalue weighted by Gasteiger charge is 2.10. The van der Waals surface area contributed by atoms with Crippen molar-refractivity contribution in [2.24, 2.45) is 0 Å². The summed E-state index contributed by atoms with van der Waals surface area (Å²) in [7, 11) is 0. The lowest BCUT2D eigenvalue weighted by molar-refractivity contribution is 0.195. The van der Waals surface area contributed by atoms with Crippen LogP contribution in [0.25, 0.3) is 0 Å². The molecule has 2 heterocycles. The Hall–Kier alpha value is -1.46. The third kappa shape index (κ3) is 2.56. The molecular weight excluding hydrogens is 222 g/mol. The van der Waals surface area contributed by atoms with Crippen molar-refractivity contribution in [2.45, 2.75) is 23.2 Å². The van der Waals surface area contributed by atoms with Gasteiger partial charge >= 0.3 is 0 Å². The van der Waals surface area contributed by atoms with Crippen LogP contribution in [-0.4, -0.2) is 20.1 Å². The Balaban J connectivity index is 2.28. The summed E-state index contributed by atoms with van der Waals surface area (Å²) < 4.78 is 0. The van der Waals surface area contributed by atoms with E-state index in [1.54, 1.807) is 37.6 Å². The number of hydrogen-bond donors (Lipinski definition) is 1. The number of aliphatic hydroxyl groups is 1. The Morgan fingerprint density at radius 1 is 1.12 bits per heavy atom. The number of rotatable bonds is 3. The Labute approximate surface area is 97.8 Å². The summed E-state index contributed by atoms with van der Waals surface area (Å²) in [5, 5.41) is 11.0. The molecule has 0 aromatic carbocycles. The van der Waals surface area contributed by atoms with E-state index in [2.05, 4.69) is 15.0 Å². The van der Waals surface area contributed by atoms with E-state index in [1.807, 2.05) is 6.07 Å². The van der Waals surface area contributed by atoms with Crippen LogP contribution < -0.4 is 0 Å². The first kappa shape index (κ1) is 11.0. The third-order valence-electron chi connectivity index (χ3n) is 1.98. The SMILES string of the molecule is C[C@H](O)c1cccnc1Sc1ncccn1. The summed E-state index contributed by atoms with van der Waals surface area (Å²) >= 11 is 1.35. The van der Waals surface area contributed by atoms with E-state index in [1.165, 1.54) is 11.8 Å². The molecule has 0 bridgehead atoms. The summed E-state index contributed by atoms with van der Waals surface area (Å²) in [6.45, 7) is 1.72. The maximum absolute atomic E-state index is 9.59. The van der Waals surface area contributed by atoms with Crippen molar-refractivity contribution in [3.63, 3.8) is 0 Å². The molecule has 5 heteroatoms. The van der Waals surface area contributed by atoms with Gasteiger partial charge in [0.25, 0.3) is 0 Å². The second-order valence-electron chi connectivity index (χ2n) is 3.21. The van der Waals surface area contributed by atoms with Crippen LogP contribution in [0.4, 0.5) is 0 Å². The molecule has 0 aliphatic carbocycles. The fraction of sp³-hybridized carbons (Fsp3) is 0.182. The second kappa shape index (κ2) is 5.05. The van der Waals surface area contributed by atoms with E-state index < -0.39 is 6.10 Å². The van der Waals surface area contributed by atoms with E-state index >= 15 is 0 Å². The van der Waals surface area contributed by atoms with Crippen molar-refractivity contribution in [1.82, 2.24) is 15.0 Å². The van der Waals surface area contributed by atoms with Gasteiger partial charge in [0, 0.05) is 24.2 Å². The summed E-state index contributed by atoms with van der Waals surface area (Å²) in [5.74, 6) is 0. The fourth-order valence-corrected chi connectivity index (χ4v) is 2.10. The standard InChI is InChI=1S/C11H11N3OS/c1-8(15)9-4-2-5-12-10(9)16-11-13-6-3-7-14-11/h2-8,15H,1H3/t8-/m0/s1. The minimum Gasteiger partial charge on any atom is -0.389 e. The van der Waals surface area contributed by atoms with E-state index in [9.17, 15) is 5.11 Å². The third-order valence-corrected chi connectivity index (χ3v) is 2.91. The minimum atomic E-state index is -0.542. The molecule has 2 rings (SSSR count). The van der Waals surface area contributed by atoms with Crippen LogP contribution in [0.5, 0.6) is 0 Å². The quantitative estimate of drug-likeness (QED) is 0.822. The van der Waals surface area contributed by atoms with Crippen LogP contribution in [0, 0.1) is 0 Å². The molecule has 82 valence electrons. The first-order valence-electron chi connectivity index (χ1n) is 4.85. The zero-order valence-electron chi connectivity index (χ0n) is 8.74. The van der Waals surface area contributed by atoms with Gasteiger partial charge in [0.2, 0.25) is 0 Å². The highest BCUT2D eigenvalue weighted by Crippen LogP contribution is 2.28. The molecule has 0 saturated heterocycles. The van der Waals surface area contributed by atoms with Crippen molar-refractivity contribution >= 4 is 11.8 Å². The zero-order chi connectivity index (χ0) is 11.4. The van der Waals surface area contributed by atoms with Gasteiger partial charge in [-0.2, -0.15) is 0 Å². The second-order valence-corrected chi connectivity index (χ2v) is 4.16. The van der Waals surface area contributed by atoms with E-state index in [0.29, 0.717) is 5.16 Å². The topological polar surface area (TPSA) is 58.9 Å². The van der Waals surface area contributed by atoms with Crippen molar-refractivity contribution in [3.05, 3.63) is 42.4 Å². The highest BCUT2D eigenvalue weighted by atomic mass is 32.2. The summed E-state index contributed by atoms with van der Waals surface area (Å²) in [6, 6.07) is 5.42. The number of aliphatic hydroxyl groups excluding tert-OH is 1. The van der Waals surface area contributed by atoms with Crippen LogP contribution in [0.2, 0.25) is 0 Å². The maximum atomic E-state index is 9.59. The zero-order valence-corrected chi connectivity index (χ0v) is 9.56. The Morgan fingerprint density at radius 2 is 1.81 bits per heavy atom. The lowest BCUT2D eigenvalue weighted by atomic mass is 10.2. The van der Waals surface area contributed by atoms with Crippen LogP contribution >= 0.6 is 11.8 Å². The monoisotopic (exact) mass is 233 g/mol. The predicted molar refractivity (Wildman–Crippen MR) is 61.0 cm³/mol. The van der Waals surface area contributed by atoms with Gasteiger partial charge in [-0.3, -0.25) is 0 Å². The number of aromatic nitrogens is 3. The lowest BCUT2D eigenvalue weighted by Crippen LogP contribution is -1.96. The predicted octanol–water partition coefficient (Wildman–Crippen LogP) is 2.08. The van der Waals surface area contributed by atoms with Gasteiger partial charge in [0.1, 0.15) is 5.03 Å². The molecule has 0 saturated carbocycles. The summed E-state index contributed by atoms with van der Waals surface area (Å²) in [4.78, 5) is 12.4. The molecule has 0 spiro atoms. The molecule has 2 aromatic heterocycles. The Bertz CT molecular complexity index is 462.